The molecule has 1 heterocycles. The van der Waals surface area contributed by atoms with Crippen molar-refractivity contribution in [2.24, 2.45) is 0 Å². The maximum atomic E-state index is 3.56. The Balaban J connectivity index is 2.08. The minimum absolute atomic E-state index is 1.21. The van der Waals surface area contributed by atoms with Crippen LogP contribution in [0.4, 0.5) is 0 Å². The second-order valence-electron chi connectivity index (χ2n) is 5.58. The average molecular weight is 267 g/mol. The summed E-state index contributed by atoms with van der Waals surface area (Å²) in [6, 6.07) is 26.0. The van der Waals surface area contributed by atoms with Gasteiger partial charge in [0.1, 0.15) is 0 Å². The van der Waals surface area contributed by atoms with Crippen LogP contribution in [0.5, 0.6) is 0 Å². The number of aromatic amines is 1. The van der Waals surface area contributed by atoms with E-state index in [4.69, 9.17) is 0 Å². The van der Waals surface area contributed by atoms with Gasteiger partial charge in [-0.05, 0) is 39.7 Å². The molecule has 0 aliphatic heterocycles. The van der Waals surface area contributed by atoms with Gasteiger partial charge < -0.3 is 4.98 Å². The normalized spacial score (nSPS) is 11.8. The molecular formula is C20H13N. The van der Waals surface area contributed by atoms with E-state index in [9.17, 15) is 0 Å². The smallest absolute Gasteiger partial charge is 0.0471 e. The third kappa shape index (κ3) is 1.46. The maximum absolute atomic E-state index is 3.56. The Morgan fingerprint density at radius 2 is 1.24 bits per heavy atom. The summed E-state index contributed by atoms with van der Waals surface area (Å²) in [7, 11) is 0. The first kappa shape index (κ1) is 10.9. The van der Waals surface area contributed by atoms with Crippen LogP contribution in [0.25, 0.3) is 43.4 Å². The van der Waals surface area contributed by atoms with Crippen LogP contribution >= 0.6 is 0 Å². The highest BCUT2D eigenvalue weighted by molar-refractivity contribution is 6.22. The Kier molecular flexibility index (Phi) is 2.01. The van der Waals surface area contributed by atoms with Crippen LogP contribution in [0.2, 0.25) is 0 Å². The fourth-order valence-corrected chi connectivity index (χ4v) is 3.36. The van der Waals surface area contributed by atoms with Crippen molar-refractivity contribution >= 4 is 43.4 Å². The number of nitrogens with one attached hydrogen (secondary N) is 1. The van der Waals surface area contributed by atoms with Crippen LogP contribution in [-0.2, 0) is 0 Å². The third-order valence-corrected chi connectivity index (χ3v) is 4.35. The lowest BCUT2D eigenvalue weighted by molar-refractivity contribution is 1.56. The second kappa shape index (κ2) is 3.86. The molecule has 5 aromatic rings. The minimum Gasteiger partial charge on any atom is -0.354 e. The highest BCUT2D eigenvalue weighted by Gasteiger charge is 2.08. The second-order valence-corrected chi connectivity index (χ2v) is 5.58. The van der Waals surface area contributed by atoms with Crippen LogP contribution in [0.15, 0.2) is 72.8 Å². The third-order valence-electron chi connectivity index (χ3n) is 4.35. The van der Waals surface area contributed by atoms with Gasteiger partial charge in [0, 0.05) is 21.8 Å². The van der Waals surface area contributed by atoms with E-state index in [-0.39, 0.29) is 0 Å². The Bertz CT molecular complexity index is 1130. The molecule has 1 N–H and O–H groups in total. The molecule has 0 atom stereocenters. The lowest BCUT2D eigenvalue weighted by atomic mass is 10.0. The Labute approximate surface area is 121 Å². The van der Waals surface area contributed by atoms with E-state index >= 15 is 0 Å². The van der Waals surface area contributed by atoms with Gasteiger partial charge in [-0.1, -0.05) is 54.6 Å². The summed E-state index contributed by atoms with van der Waals surface area (Å²) in [5.74, 6) is 0. The number of benzene rings is 4. The molecule has 21 heavy (non-hydrogen) atoms. The predicted octanol–water partition coefficient (Wildman–Crippen LogP) is 5.63. The summed E-state index contributed by atoms with van der Waals surface area (Å²) in [5.41, 5.74) is 2.42. The molecule has 0 aliphatic rings. The topological polar surface area (TPSA) is 15.8 Å². The van der Waals surface area contributed by atoms with Crippen LogP contribution in [-0.4, -0.2) is 4.98 Å². The van der Waals surface area contributed by atoms with E-state index in [1.54, 1.807) is 0 Å². The molecule has 0 radical (unpaired) electrons. The maximum Gasteiger partial charge on any atom is 0.0471 e. The summed E-state index contributed by atoms with van der Waals surface area (Å²) < 4.78 is 0. The molecule has 0 saturated heterocycles. The van der Waals surface area contributed by atoms with Gasteiger partial charge in [0.2, 0.25) is 0 Å². The van der Waals surface area contributed by atoms with Crippen LogP contribution in [0, 0.1) is 0 Å². The molecule has 0 spiro atoms. The number of hydrogen-bond acceptors (Lipinski definition) is 0. The number of H-pyrrole nitrogens is 1. The van der Waals surface area contributed by atoms with E-state index in [0.29, 0.717) is 0 Å². The lowest BCUT2D eigenvalue weighted by Crippen LogP contribution is -1.75. The van der Waals surface area contributed by atoms with Gasteiger partial charge in [0.25, 0.3) is 0 Å². The summed E-state index contributed by atoms with van der Waals surface area (Å²) in [6.07, 6.45) is 0. The molecule has 0 unspecified atom stereocenters. The van der Waals surface area contributed by atoms with Crippen molar-refractivity contribution in [3.8, 4) is 0 Å². The molecule has 0 aliphatic carbocycles. The Morgan fingerprint density at radius 1 is 0.524 bits per heavy atom. The summed E-state index contributed by atoms with van der Waals surface area (Å²) >= 11 is 0. The highest BCUT2D eigenvalue weighted by Crippen LogP contribution is 2.34. The minimum atomic E-state index is 1.21. The molecule has 0 bridgehead atoms. The fourth-order valence-electron chi connectivity index (χ4n) is 3.36. The van der Waals surface area contributed by atoms with Gasteiger partial charge in [-0.15, -0.1) is 0 Å². The van der Waals surface area contributed by atoms with E-state index < -0.39 is 0 Å². The molecule has 5 rings (SSSR count). The Morgan fingerprint density at radius 3 is 2.10 bits per heavy atom. The SMILES string of the molecule is c1ccc2cc3c(cc2c1)[nH]c1ccc2ccccc2c13. The first-order chi connectivity index (χ1) is 10.4. The van der Waals surface area contributed by atoms with Crippen LogP contribution in [0.1, 0.15) is 0 Å². The van der Waals surface area contributed by atoms with Crippen LogP contribution < -0.4 is 0 Å². The van der Waals surface area contributed by atoms with Crippen molar-refractivity contribution < 1.29 is 0 Å². The molecule has 1 nitrogen and oxygen atoms in total. The zero-order chi connectivity index (χ0) is 13.8. The molecule has 1 heteroatoms. The number of rotatable bonds is 0. The molecule has 1 aromatic heterocycles. The standard InChI is InChI=1S/C20H13N/c1-2-7-15-12-19-17(11-14(15)6-1)20-16-8-4-3-5-13(16)9-10-18(20)21-19/h1-12,21H. The average Bonchev–Trinajstić information content (AvgIpc) is 2.90. The van der Waals surface area contributed by atoms with Crippen molar-refractivity contribution in [1.82, 2.24) is 4.98 Å². The van der Waals surface area contributed by atoms with E-state index in [1.165, 1.54) is 43.4 Å². The summed E-state index contributed by atoms with van der Waals surface area (Å²) in [4.78, 5) is 3.56. The largest absolute Gasteiger partial charge is 0.354 e. The van der Waals surface area contributed by atoms with Crippen molar-refractivity contribution in [2.75, 3.05) is 0 Å². The van der Waals surface area contributed by atoms with Crippen molar-refractivity contribution in [1.29, 1.82) is 0 Å². The van der Waals surface area contributed by atoms with Gasteiger partial charge in [0.15, 0.2) is 0 Å². The number of hydrogen-bond donors (Lipinski definition) is 1. The summed E-state index contributed by atoms with van der Waals surface area (Å²) in [6.45, 7) is 0. The quantitative estimate of drug-likeness (QED) is 0.374. The summed E-state index contributed by atoms with van der Waals surface area (Å²) in [5, 5.41) is 7.81. The van der Waals surface area contributed by atoms with E-state index in [1.807, 2.05) is 0 Å². The molecule has 0 saturated carbocycles. The Hall–Kier alpha value is -2.80. The van der Waals surface area contributed by atoms with E-state index in [2.05, 4.69) is 77.8 Å². The van der Waals surface area contributed by atoms with Gasteiger partial charge in [0.05, 0.1) is 0 Å². The lowest BCUT2D eigenvalue weighted by Gasteiger charge is -2.01. The van der Waals surface area contributed by atoms with E-state index in [0.717, 1.165) is 0 Å². The highest BCUT2D eigenvalue weighted by atomic mass is 14.7. The first-order valence-electron chi connectivity index (χ1n) is 7.22. The molecule has 4 aromatic carbocycles. The molecular weight excluding hydrogens is 254 g/mol. The monoisotopic (exact) mass is 267 g/mol. The van der Waals surface area contributed by atoms with Gasteiger partial charge >= 0.3 is 0 Å². The first-order valence-corrected chi connectivity index (χ1v) is 7.22. The van der Waals surface area contributed by atoms with Crippen molar-refractivity contribution in [2.45, 2.75) is 0 Å². The van der Waals surface area contributed by atoms with Crippen molar-refractivity contribution in [3.63, 3.8) is 0 Å². The zero-order valence-electron chi connectivity index (χ0n) is 11.4. The molecule has 0 amide bonds. The van der Waals surface area contributed by atoms with Gasteiger partial charge in [-0.2, -0.15) is 0 Å². The molecule has 0 fully saturated rings. The van der Waals surface area contributed by atoms with Gasteiger partial charge in [-0.3, -0.25) is 0 Å². The molecule has 98 valence electrons. The zero-order valence-corrected chi connectivity index (χ0v) is 11.4. The van der Waals surface area contributed by atoms with Gasteiger partial charge in [-0.25, -0.2) is 0 Å². The number of aromatic nitrogens is 1. The fraction of sp³-hybridized carbons (Fsp3) is 0. The predicted molar refractivity (Wildman–Crippen MR) is 90.8 cm³/mol. The van der Waals surface area contributed by atoms with Crippen molar-refractivity contribution in [3.05, 3.63) is 72.8 Å². The van der Waals surface area contributed by atoms with Crippen LogP contribution in [0.3, 0.4) is 0 Å². The number of fused-ring (bicyclic) bond motifs is 6.